The van der Waals surface area contributed by atoms with E-state index in [0.29, 0.717) is 10.8 Å². The van der Waals surface area contributed by atoms with Gasteiger partial charge in [-0.3, -0.25) is 0 Å². The summed E-state index contributed by atoms with van der Waals surface area (Å²) in [6, 6.07) is 2.79. The number of nitrogens with one attached hydrogen (secondary N) is 2. The van der Waals surface area contributed by atoms with Crippen molar-refractivity contribution in [1.29, 1.82) is 0 Å². The van der Waals surface area contributed by atoms with Gasteiger partial charge in [-0.2, -0.15) is 0 Å². The topological polar surface area (TPSA) is 74.2 Å². The van der Waals surface area contributed by atoms with Crippen molar-refractivity contribution in [2.24, 2.45) is 5.92 Å². The number of carbonyl (C=O) groups excluding carboxylic acids is 1. The molecule has 17 heavy (non-hydrogen) atoms. The molecule has 1 unspecified atom stereocenters. The van der Waals surface area contributed by atoms with E-state index in [2.05, 4.69) is 15.6 Å². The molecule has 94 valence electrons. The number of aliphatic hydroxyl groups is 1. The zero-order chi connectivity index (χ0) is 12.8. The Morgan fingerprint density at radius 2 is 2.29 bits per heavy atom. The van der Waals surface area contributed by atoms with Crippen LogP contribution in [0.1, 0.15) is 13.8 Å². The zero-order valence-corrected chi connectivity index (χ0v) is 10.5. The number of urea groups is 1. The van der Waals surface area contributed by atoms with Crippen molar-refractivity contribution in [2.45, 2.75) is 20.0 Å². The molecule has 3 N–H and O–H groups in total. The van der Waals surface area contributed by atoms with Gasteiger partial charge in [0.1, 0.15) is 5.15 Å². The van der Waals surface area contributed by atoms with E-state index >= 15 is 0 Å². The molecule has 0 aliphatic rings. The smallest absolute Gasteiger partial charge is 0.319 e. The molecular weight excluding hydrogens is 242 g/mol. The summed E-state index contributed by atoms with van der Waals surface area (Å²) in [5, 5.41) is 15.0. The highest BCUT2D eigenvalue weighted by Gasteiger charge is 2.10. The van der Waals surface area contributed by atoms with Crippen LogP contribution in [0, 0.1) is 5.92 Å². The Morgan fingerprint density at radius 1 is 1.59 bits per heavy atom. The minimum atomic E-state index is -0.554. The molecular formula is C11H16ClN3O2. The van der Waals surface area contributed by atoms with E-state index in [1.54, 1.807) is 12.1 Å². The molecule has 1 heterocycles. The van der Waals surface area contributed by atoms with Crippen molar-refractivity contribution in [1.82, 2.24) is 10.3 Å². The normalized spacial score (nSPS) is 12.3. The SMILES string of the molecule is CC(C)C(O)CNC(=O)Nc1ccnc(Cl)c1. The number of anilines is 1. The van der Waals surface area contributed by atoms with Gasteiger partial charge in [-0.25, -0.2) is 9.78 Å². The second-order valence-electron chi connectivity index (χ2n) is 4.01. The molecule has 0 aliphatic heterocycles. The van der Waals surface area contributed by atoms with Gasteiger partial charge in [0.05, 0.1) is 6.10 Å². The van der Waals surface area contributed by atoms with Gasteiger partial charge in [0.25, 0.3) is 0 Å². The average Bonchev–Trinajstić information content (AvgIpc) is 2.25. The fraction of sp³-hybridized carbons (Fsp3) is 0.455. The van der Waals surface area contributed by atoms with Crippen molar-refractivity contribution < 1.29 is 9.90 Å². The fourth-order valence-electron chi connectivity index (χ4n) is 1.09. The number of nitrogens with zero attached hydrogens (tertiary/aromatic N) is 1. The highest BCUT2D eigenvalue weighted by molar-refractivity contribution is 6.29. The maximum absolute atomic E-state index is 11.5. The van der Waals surface area contributed by atoms with Crippen molar-refractivity contribution in [3.63, 3.8) is 0 Å². The predicted molar refractivity (Wildman–Crippen MR) is 67.1 cm³/mol. The summed E-state index contributed by atoms with van der Waals surface area (Å²) in [7, 11) is 0. The third kappa shape index (κ3) is 5.01. The summed E-state index contributed by atoms with van der Waals surface area (Å²) < 4.78 is 0. The quantitative estimate of drug-likeness (QED) is 0.721. The van der Waals surface area contributed by atoms with E-state index in [1.165, 1.54) is 6.20 Å². The van der Waals surface area contributed by atoms with Crippen LogP contribution in [0.5, 0.6) is 0 Å². The van der Waals surface area contributed by atoms with Crippen molar-refractivity contribution >= 4 is 23.3 Å². The van der Waals surface area contributed by atoms with E-state index < -0.39 is 6.10 Å². The molecule has 0 bridgehead atoms. The van der Waals surface area contributed by atoms with Crippen LogP contribution < -0.4 is 10.6 Å². The van der Waals surface area contributed by atoms with E-state index in [0.717, 1.165) is 0 Å². The third-order valence-corrected chi connectivity index (χ3v) is 2.43. The maximum Gasteiger partial charge on any atom is 0.319 e. The summed E-state index contributed by atoms with van der Waals surface area (Å²) in [5.41, 5.74) is 0.557. The van der Waals surface area contributed by atoms with Crippen LogP contribution in [0.25, 0.3) is 0 Å². The number of hydrogen-bond acceptors (Lipinski definition) is 3. The third-order valence-electron chi connectivity index (χ3n) is 2.23. The summed E-state index contributed by atoms with van der Waals surface area (Å²) in [4.78, 5) is 15.3. The molecule has 1 aromatic rings. The molecule has 0 spiro atoms. The van der Waals surface area contributed by atoms with E-state index in [1.807, 2.05) is 13.8 Å². The Labute approximate surface area is 105 Å². The fourth-order valence-corrected chi connectivity index (χ4v) is 1.26. The number of halogens is 1. The Balaban J connectivity index is 2.40. The van der Waals surface area contributed by atoms with Crippen molar-refractivity contribution in [3.05, 3.63) is 23.5 Å². The monoisotopic (exact) mass is 257 g/mol. The lowest BCUT2D eigenvalue weighted by Gasteiger charge is -2.15. The molecule has 0 saturated carbocycles. The molecule has 1 rings (SSSR count). The van der Waals surface area contributed by atoms with E-state index in [4.69, 9.17) is 11.6 Å². The standard InChI is InChI=1S/C11H16ClN3O2/c1-7(2)9(16)6-14-11(17)15-8-3-4-13-10(12)5-8/h3-5,7,9,16H,6H2,1-2H3,(H2,13,14,15,17). The van der Waals surface area contributed by atoms with Gasteiger partial charge in [-0.1, -0.05) is 25.4 Å². The molecule has 0 fully saturated rings. The maximum atomic E-state index is 11.5. The molecule has 0 radical (unpaired) electrons. The van der Waals surface area contributed by atoms with E-state index in [9.17, 15) is 9.90 Å². The van der Waals surface area contributed by atoms with Gasteiger partial charge in [0.15, 0.2) is 0 Å². The van der Waals surface area contributed by atoms with Gasteiger partial charge >= 0.3 is 6.03 Å². The first kappa shape index (κ1) is 13.7. The molecule has 5 nitrogen and oxygen atoms in total. The number of aliphatic hydroxyl groups excluding tert-OH is 1. The minimum absolute atomic E-state index is 0.102. The first-order valence-electron chi connectivity index (χ1n) is 5.33. The average molecular weight is 258 g/mol. The molecule has 0 aromatic carbocycles. The Morgan fingerprint density at radius 3 is 2.88 bits per heavy atom. The number of hydrogen-bond donors (Lipinski definition) is 3. The summed E-state index contributed by atoms with van der Waals surface area (Å²) in [5.74, 6) is 0.102. The predicted octanol–water partition coefficient (Wildman–Crippen LogP) is 1.87. The molecule has 1 atom stereocenters. The first-order chi connectivity index (χ1) is 7.99. The molecule has 6 heteroatoms. The highest BCUT2D eigenvalue weighted by Crippen LogP contribution is 2.11. The zero-order valence-electron chi connectivity index (χ0n) is 9.77. The minimum Gasteiger partial charge on any atom is -0.391 e. The summed E-state index contributed by atoms with van der Waals surface area (Å²) >= 11 is 5.67. The van der Waals surface area contributed by atoms with Crippen LogP contribution in [0.4, 0.5) is 10.5 Å². The Bertz CT molecular complexity index is 385. The van der Waals surface area contributed by atoms with Crippen LogP contribution in [-0.4, -0.2) is 28.8 Å². The highest BCUT2D eigenvalue weighted by atomic mass is 35.5. The van der Waals surface area contributed by atoms with Gasteiger partial charge in [0.2, 0.25) is 0 Å². The van der Waals surface area contributed by atoms with Crippen LogP contribution >= 0.6 is 11.6 Å². The van der Waals surface area contributed by atoms with Crippen LogP contribution in [-0.2, 0) is 0 Å². The lowest BCUT2D eigenvalue weighted by atomic mass is 10.1. The molecule has 1 aromatic heterocycles. The lowest BCUT2D eigenvalue weighted by molar-refractivity contribution is 0.126. The Hall–Kier alpha value is -1.33. The van der Waals surface area contributed by atoms with Crippen LogP contribution in [0.3, 0.4) is 0 Å². The van der Waals surface area contributed by atoms with Crippen LogP contribution in [0.2, 0.25) is 5.15 Å². The second-order valence-corrected chi connectivity index (χ2v) is 4.40. The first-order valence-corrected chi connectivity index (χ1v) is 5.71. The largest absolute Gasteiger partial charge is 0.391 e. The van der Waals surface area contributed by atoms with Gasteiger partial charge in [-0.05, 0) is 18.1 Å². The number of aromatic nitrogens is 1. The molecule has 0 saturated heterocycles. The number of amides is 2. The lowest BCUT2D eigenvalue weighted by Crippen LogP contribution is -2.37. The van der Waals surface area contributed by atoms with E-state index in [-0.39, 0.29) is 18.5 Å². The van der Waals surface area contributed by atoms with Crippen molar-refractivity contribution in [3.8, 4) is 0 Å². The Kier molecular flexibility index (Phi) is 5.18. The van der Waals surface area contributed by atoms with Crippen LogP contribution in [0.15, 0.2) is 18.3 Å². The number of rotatable bonds is 4. The second kappa shape index (κ2) is 6.42. The van der Waals surface area contributed by atoms with Gasteiger partial charge in [-0.15, -0.1) is 0 Å². The summed E-state index contributed by atoms with van der Waals surface area (Å²) in [6.07, 6.45) is 0.947. The molecule has 2 amide bonds. The number of pyridine rings is 1. The molecule has 0 aliphatic carbocycles. The van der Waals surface area contributed by atoms with Gasteiger partial charge in [0, 0.05) is 18.4 Å². The van der Waals surface area contributed by atoms with Gasteiger partial charge < -0.3 is 15.7 Å². The summed E-state index contributed by atoms with van der Waals surface area (Å²) in [6.45, 7) is 3.97. The van der Waals surface area contributed by atoms with Crippen molar-refractivity contribution in [2.75, 3.05) is 11.9 Å². The number of carbonyl (C=O) groups is 1.